The predicted octanol–water partition coefficient (Wildman–Crippen LogP) is 3.86. The van der Waals surface area contributed by atoms with Gasteiger partial charge < -0.3 is 5.32 Å². The molecule has 0 fully saturated rings. The monoisotopic (exact) mass is 325 g/mol. The predicted molar refractivity (Wildman–Crippen MR) is 84.8 cm³/mol. The van der Waals surface area contributed by atoms with E-state index in [-0.39, 0.29) is 11.6 Å². The molecule has 0 radical (unpaired) electrons. The van der Waals surface area contributed by atoms with Crippen LogP contribution in [0.15, 0.2) is 28.6 Å². The molecule has 0 saturated carbocycles. The summed E-state index contributed by atoms with van der Waals surface area (Å²) >= 11 is 3.12. The highest BCUT2D eigenvalue weighted by Crippen LogP contribution is 2.26. The molecule has 0 aliphatic rings. The molecule has 2 rings (SSSR count). The second kappa shape index (κ2) is 8.09. The SMILES string of the molecule is CCNc1nnc(SCCCC(=O)c2ccc(F)cc2)s1. The average Bonchev–Trinajstić information content (AvgIpc) is 2.92. The van der Waals surface area contributed by atoms with Crippen LogP contribution in [0, 0.1) is 5.82 Å². The number of halogens is 1. The Labute approximate surface area is 131 Å². The standard InChI is InChI=1S/C14H16FN3OS2/c1-2-16-13-17-18-14(21-13)20-9-3-4-12(19)10-5-7-11(15)8-6-10/h5-8H,2-4,9H2,1H3,(H,16,17). The zero-order chi connectivity index (χ0) is 15.1. The van der Waals surface area contributed by atoms with Crippen molar-refractivity contribution in [2.75, 3.05) is 17.6 Å². The zero-order valence-corrected chi connectivity index (χ0v) is 13.3. The number of aromatic nitrogens is 2. The molecule has 0 unspecified atom stereocenters. The Kier molecular flexibility index (Phi) is 6.13. The molecule has 0 saturated heterocycles. The molecule has 112 valence electrons. The molecular weight excluding hydrogens is 309 g/mol. The van der Waals surface area contributed by atoms with E-state index in [1.165, 1.54) is 35.6 Å². The number of hydrogen-bond acceptors (Lipinski definition) is 6. The number of carbonyl (C=O) groups is 1. The number of nitrogens with zero attached hydrogens (tertiary/aromatic N) is 2. The molecule has 0 atom stereocenters. The van der Waals surface area contributed by atoms with Gasteiger partial charge in [0, 0.05) is 24.3 Å². The van der Waals surface area contributed by atoms with Gasteiger partial charge in [-0.15, -0.1) is 10.2 Å². The van der Waals surface area contributed by atoms with Crippen molar-refractivity contribution < 1.29 is 9.18 Å². The Bertz CT molecular complexity index is 586. The number of Topliss-reactive ketones (excluding diaryl/α,β-unsaturated/α-hetero) is 1. The highest BCUT2D eigenvalue weighted by molar-refractivity contribution is 8.01. The lowest BCUT2D eigenvalue weighted by atomic mass is 10.1. The normalized spacial score (nSPS) is 10.6. The largest absolute Gasteiger partial charge is 0.360 e. The molecule has 1 aromatic carbocycles. The van der Waals surface area contributed by atoms with E-state index in [2.05, 4.69) is 15.5 Å². The third kappa shape index (κ3) is 5.09. The van der Waals surface area contributed by atoms with Crippen LogP contribution in [0.1, 0.15) is 30.1 Å². The van der Waals surface area contributed by atoms with Gasteiger partial charge in [-0.2, -0.15) is 0 Å². The fourth-order valence-corrected chi connectivity index (χ4v) is 3.49. The molecule has 0 aliphatic heterocycles. The van der Waals surface area contributed by atoms with Gasteiger partial charge >= 0.3 is 0 Å². The molecule has 7 heteroatoms. The number of ketones is 1. The number of carbonyl (C=O) groups excluding carboxylic acids is 1. The molecule has 1 N–H and O–H groups in total. The van der Waals surface area contributed by atoms with E-state index >= 15 is 0 Å². The minimum absolute atomic E-state index is 0.0428. The van der Waals surface area contributed by atoms with Gasteiger partial charge in [-0.05, 0) is 37.6 Å². The topological polar surface area (TPSA) is 54.9 Å². The van der Waals surface area contributed by atoms with Crippen molar-refractivity contribution in [3.63, 3.8) is 0 Å². The Morgan fingerprint density at radius 1 is 1.33 bits per heavy atom. The number of anilines is 1. The van der Waals surface area contributed by atoms with Gasteiger partial charge in [0.05, 0.1) is 0 Å². The van der Waals surface area contributed by atoms with Crippen LogP contribution in [0.4, 0.5) is 9.52 Å². The van der Waals surface area contributed by atoms with Crippen molar-refractivity contribution in [3.05, 3.63) is 35.6 Å². The molecule has 1 aromatic heterocycles. The first kappa shape index (κ1) is 15.9. The van der Waals surface area contributed by atoms with E-state index in [0.717, 1.165) is 28.2 Å². The quantitative estimate of drug-likeness (QED) is 0.454. The lowest BCUT2D eigenvalue weighted by Crippen LogP contribution is -1.99. The summed E-state index contributed by atoms with van der Waals surface area (Å²) < 4.78 is 13.7. The fraction of sp³-hybridized carbons (Fsp3) is 0.357. The molecule has 2 aromatic rings. The van der Waals surface area contributed by atoms with E-state index in [1.807, 2.05) is 6.92 Å². The van der Waals surface area contributed by atoms with Crippen molar-refractivity contribution in [3.8, 4) is 0 Å². The van der Waals surface area contributed by atoms with Crippen LogP contribution in [0.3, 0.4) is 0 Å². The van der Waals surface area contributed by atoms with Gasteiger partial charge in [0.25, 0.3) is 0 Å². The number of thioether (sulfide) groups is 1. The van der Waals surface area contributed by atoms with Crippen LogP contribution in [0.2, 0.25) is 0 Å². The van der Waals surface area contributed by atoms with E-state index in [4.69, 9.17) is 0 Å². The van der Waals surface area contributed by atoms with E-state index in [9.17, 15) is 9.18 Å². The van der Waals surface area contributed by atoms with Crippen LogP contribution < -0.4 is 5.32 Å². The molecule has 0 amide bonds. The van der Waals surface area contributed by atoms with Crippen LogP contribution >= 0.6 is 23.1 Å². The second-order valence-corrected chi connectivity index (χ2v) is 6.61. The number of hydrogen-bond donors (Lipinski definition) is 1. The molecule has 1 heterocycles. The van der Waals surface area contributed by atoms with Gasteiger partial charge in [0.2, 0.25) is 5.13 Å². The third-order valence-electron chi connectivity index (χ3n) is 2.67. The lowest BCUT2D eigenvalue weighted by Gasteiger charge is -2.00. The van der Waals surface area contributed by atoms with Crippen LogP contribution in [-0.2, 0) is 0 Å². The van der Waals surface area contributed by atoms with E-state index in [0.29, 0.717) is 12.0 Å². The van der Waals surface area contributed by atoms with Crippen molar-refractivity contribution in [2.24, 2.45) is 0 Å². The maximum atomic E-state index is 12.8. The van der Waals surface area contributed by atoms with Crippen molar-refractivity contribution in [2.45, 2.75) is 24.1 Å². The van der Waals surface area contributed by atoms with Gasteiger partial charge in [0.1, 0.15) is 5.82 Å². The van der Waals surface area contributed by atoms with Gasteiger partial charge in [-0.25, -0.2) is 4.39 Å². The first-order valence-corrected chi connectivity index (χ1v) is 8.48. The van der Waals surface area contributed by atoms with Gasteiger partial charge in [-0.1, -0.05) is 23.1 Å². The summed E-state index contributed by atoms with van der Waals surface area (Å²) in [4.78, 5) is 11.9. The summed E-state index contributed by atoms with van der Waals surface area (Å²) in [6.07, 6.45) is 1.22. The second-order valence-electron chi connectivity index (χ2n) is 4.29. The Hall–Kier alpha value is -1.47. The Balaban J connectivity index is 1.71. The van der Waals surface area contributed by atoms with Crippen LogP contribution in [0.25, 0.3) is 0 Å². The summed E-state index contributed by atoms with van der Waals surface area (Å²) in [7, 11) is 0. The lowest BCUT2D eigenvalue weighted by molar-refractivity contribution is 0.0982. The van der Waals surface area contributed by atoms with E-state index < -0.39 is 0 Å². The first-order valence-electron chi connectivity index (χ1n) is 6.68. The molecule has 0 aliphatic carbocycles. The first-order chi connectivity index (χ1) is 10.2. The van der Waals surface area contributed by atoms with Crippen molar-refractivity contribution in [1.82, 2.24) is 10.2 Å². The maximum Gasteiger partial charge on any atom is 0.206 e. The summed E-state index contributed by atoms with van der Waals surface area (Å²) in [6, 6.07) is 5.67. The summed E-state index contributed by atoms with van der Waals surface area (Å²) in [5.74, 6) is 0.532. The zero-order valence-electron chi connectivity index (χ0n) is 11.6. The third-order valence-corrected chi connectivity index (χ3v) is 4.77. The van der Waals surface area contributed by atoms with Gasteiger partial charge in [0.15, 0.2) is 10.1 Å². The molecule has 0 spiro atoms. The molecular formula is C14H16FN3OS2. The number of nitrogens with one attached hydrogen (secondary N) is 1. The fourth-order valence-electron chi connectivity index (χ4n) is 1.66. The van der Waals surface area contributed by atoms with Gasteiger partial charge in [-0.3, -0.25) is 4.79 Å². The highest BCUT2D eigenvalue weighted by Gasteiger charge is 2.07. The Morgan fingerprint density at radius 3 is 2.81 bits per heavy atom. The number of benzene rings is 1. The summed E-state index contributed by atoms with van der Waals surface area (Å²) in [5.41, 5.74) is 0.562. The summed E-state index contributed by atoms with van der Waals surface area (Å²) in [5, 5.41) is 12.0. The highest BCUT2D eigenvalue weighted by atomic mass is 32.2. The van der Waals surface area contributed by atoms with Crippen LogP contribution in [0.5, 0.6) is 0 Å². The maximum absolute atomic E-state index is 12.8. The van der Waals surface area contributed by atoms with E-state index in [1.54, 1.807) is 11.8 Å². The van der Waals surface area contributed by atoms with Crippen LogP contribution in [-0.4, -0.2) is 28.3 Å². The molecule has 0 bridgehead atoms. The minimum Gasteiger partial charge on any atom is -0.360 e. The number of rotatable bonds is 8. The molecule has 21 heavy (non-hydrogen) atoms. The minimum atomic E-state index is -0.324. The average molecular weight is 325 g/mol. The smallest absolute Gasteiger partial charge is 0.206 e. The summed E-state index contributed by atoms with van der Waals surface area (Å²) in [6.45, 7) is 2.83. The Morgan fingerprint density at radius 2 is 2.10 bits per heavy atom. The molecule has 4 nitrogen and oxygen atoms in total. The van der Waals surface area contributed by atoms with Crippen molar-refractivity contribution >= 4 is 34.0 Å². The van der Waals surface area contributed by atoms with Crippen molar-refractivity contribution in [1.29, 1.82) is 0 Å².